The minimum Gasteiger partial charge on any atom is -0.508 e. The number of hydrazine groups is 1. The molecule has 0 aromatic heterocycles. The summed E-state index contributed by atoms with van der Waals surface area (Å²) < 4.78 is 0. The topological polar surface area (TPSA) is 136 Å². The van der Waals surface area contributed by atoms with Gasteiger partial charge in [0.25, 0.3) is 11.8 Å². The molecule has 1 atom stereocenters. The average Bonchev–Trinajstić information content (AvgIpc) is 3.33. The van der Waals surface area contributed by atoms with Crippen molar-refractivity contribution in [3.8, 4) is 5.75 Å². The number of halogens is 1. The number of carboxylic acids is 1. The molecule has 1 aliphatic rings. The number of hydrogen-bond acceptors (Lipinski definition) is 6. The van der Waals surface area contributed by atoms with E-state index in [-0.39, 0.29) is 40.8 Å². The van der Waals surface area contributed by atoms with Gasteiger partial charge in [0.1, 0.15) is 11.8 Å². The number of carboxylic acid groups (broad SMARTS) is 1. The van der Waals surface area contributed by atoms with Gasteiger partial charge in [0, 0.05) is 18.5 Å². The fraction of sp³-hybridized carbons (Fsp3) is 0.360. The van der Waals surface area contributed by atoms with E-state index in [0.717, 1.165) is 30.7 Å². The zero-order valence-electron chi connectivity index (χ0n) is 19.3. The van der Waals surface area contributed by atoms with Crippen LogP contribution in [-0.4, -0.2) is 45.0 Å². The third kappa shape index (κ3) is 7.03. The average molecular weight is 502 g/mol. The number of aromatic hydroxyl groups is 1. The number of carbonyl (C=O) groups excluding carboxylic acids is 3. The molecule has 0 unspecified atom stereocenters. The van der Waals surface area contributed by atoms with Crippen molar-refractivity contribution in [1.82, 2.24) is 15.8 Å². The number of rotatable bonds is 9. The monoisotopic (exact) mass is 501 g/mol. The van der Waals surface area contributed by atoms with E-state index in [4.69, 9.17) is 11.6 Å². The molecular formula is C25H28ClN3O6. The summed E-state index contributed by atoms with van der Waals surface area (Å²) in [4.78, 5) is 50.0. The van der Waals surface area contributed by atoms with Crippen LogP contribution >= 0.6 is 11.6 Å². The van der Waals surface area contributed by atoms with Crippen molar-refractivity contribution in [3.63, 3.8) is 0 Å². The van der Waals surface area contributed by atoms with E-state index in [1.807, 2.05) is 0 Å². The molecule has 0 aliphatic heterocycles. The van der Waals surface area contributed by atoms with Crippen LogP contribution in [0.1, 0.15) is 65.3 Å². The van der Waals surface area contributed by atoms with Crippen LogP contribution < -0.4 is 10.7 Å². The molecule has 9 nitrogen and oxygen atoms in total. The number of hydrogen-bond donors (Lipinski definition) is 4. The predicted molar refractivity (Wildman–Crippen MR) is 129 cm³/mol. The number of imide groups is 1. The van der Waals surface area contributed by atoms with Gasteiger partial charge in [0.2, 0.25) is 5.91 Å². The summed E-state index contributed by atoms with van der Waals surface area (Å²) in [6, 6.07) is 9.31. The van der Waals surface area contributed by atoms with Gasteiger partial charge in [-0.15, -0.1) is 0 Å². The maximum absolute atomic E-state index is 13.2. The van der Waals surface area contributed by atoms with E-state index in [9.17, 15) is 29.4 Å². The lowest BCUT2D eigenvalue weighted by atomic mass is 10.0. The van der Waals surface area contributed by atoms with Gasteiger partial charge in [-0.2, -0.15) is 0 Å². The molecule has 0 bridgehead atoms. The van der Waals surface area contributed by atoms with Crippen molar-refractivity contribution in [2.45, 2.75) is 51.6 Å². The molecule has 1 saturated carbocycles. The molecule has 3 rings (SSSR count). The van der Waals surface area contributed by atoms with Gasteiger partial charge in [-0.25, -0.2) is 10.4 Å². The molecular weight excluding hydrogens is 474 g/mol. The van der Waals surface area contributed by atoms with Gasteiger partial charge in [-0.1, -0.05) is 36.6 Å². The lowest BCUT2D eigenvalue weighted by Crippen LogP contribution is -2.53. The van der Waals surface area contributed by atoms with Crippen molar-refractivity contribution in [2.75, 3.05) is 0 Å². The minimum absolute atomic E-state index is 0.0407. The molecule has 4 N–H and O–H groups in total. The Morgan fingerprint density at radius 1 is 1.11 bits per heavy atom. The zero-order valence-corrected chi connectivity index (χ0v) is 20.0. The predicted octanol–water partition coefficient (Wildman–Crippen LogP) is 3.50. The Bertz CT molecular complexity index is 1120. The van der Waals surface area contributed by atoms with Crippen LogP contribution in [0.15, 0.2) is 42.5 Å². The van der Waals surface area contributed by atoms with Crippen molar-refractivity contribution < 1.29 is 29.4 Å². The Hall–Kier alpha value is -3.43. The van der Waals surface area contributed by atoms with Crippen LogP contribution in [0.2, 0.25) is 5.02 Å². The standard InChI is InChI=1S/C25H28ClN3O6/c1-15(25(34)35)28-29(22(31)12-16-5-2-3-6-16)24(33)20-10-9-18(13-21(20)26)23(32)27-14-17-7-4-8-19(30)11-17/h4,7-11,13,15-16,28,30H,2-3,5-6,12,14H2,1H3,(H,27,32)(H,34,35)/t15-/m0/s1. The number of amides is 3. The Morgan fingerprint density at radius 2 is 1.83 bits per heavy atom. The molecule has 186 valence electrons. The summed E-state index contributed by atoms with van der Waals surface area (Å²) in [5.41, 5.74) is 3.33. The van der Waals surface area contributed by atoms with Crippen molar-refractivity contribution in [1.29, 1.82) is 0 Å². The third-order valence-corrected chi connectivity index (χ3v) is 6.22. The third-order valence-electron chi connectivity index (χ3n) is 5.91. The van der Waals surface area contributed by atoms with E-state index >= 15 is 0 Å². The van der Waals surface area contributed by atoms with E-state index in [0.29, 0.717) is 5.56 Å². The zero-order chi connectivity index (χ0) is 25.5. The van der Waals surface area contributed by atoms with Crippen LogP contribution in [0.4, 0.5) is 0 Å². The normalized spacial score (nSPS) is 14.3. The quantitative estimate of drug-likeness (QED) is 0.386. The van der Waals surface area contributed by atoms with Crippen LogP contribution in [0, 0.1) is 5.92 Å². The lowest BCUT2D eigenvalue weighted by molar-refractivity contribution is -0.142. The minimum atomic E-state index is -1.22. The molecule has 0 radical (unpaired) electrons. The van der Waals surface area contributed by atoms with E-state index in [2.05, 4.69) is 10.7 Å². The van der Waals surface area contributed by atoms with Gasteiger partial charge < -0.3 is 15.5 Å². The number of nitrogens with one attached hydrogen (secondary N) is 2. The fourth-order valence-corrected chi connectivity index (χ4v) is 4.21. The summed E-state index contributed by atoms with van der Waals surface area (Å²) in [7, 11) is 0. The maximum Gasteiger partial charge on any atom is 0.322 e. The largest absolute Gasteiger partial charge is 0.508 e. The van der Waals surface area contributed by atoms with E-state index < -0.39 is 29.7 Å². The van der Waals surface area contributed by atoms with Gasteiger partial charge in [-0.3, -0.25) is 19.2 Å². The first-order chi connectivity index (χ1) is 16.7. The van der Waals surface area contributed by atoms with E-state index in [1.54, 1.807) is 12.1 Å². The summed E-state index contributed by atoms with van der Waals surface area (Å²) >= 11 is 6.31. The first-order valence-corrected chi connectivity index (χ1v) is 11.8. The first-order valence-electron chi connectivity index (χ1n) is 11.4. The van der Waals surface area contributed by atoms with Gasteiger partial charge in [0.05, 0.1) is 10.6 Å². The summed E-state index contributed by atoms with van der Waals surface area (Å²) in [6.07, 6.45) is 3.93. The molecule has 0 spiro atoms. The molecule has 2 aromatic carbocycles. The highest BCUT2D eigenvalue weighted by atomic mass is 35.5. The molecule has 35 heavy (non-hydrogen) atoms. The second kappa shape index (κ2) is 11.8. The van der Waals surface area contributed by atoms with E-state index in [1.165, 1.54) is 37.3 Å². The second-order valence-electron chi connectivity index (χ2n) is 8.63. The van der Waals surface area contributed by atoms with Crippen LogP contribution in [0.5, 0.6) is 5.75 Å². The number of carbonyl (C=O) groups is 4. The maximum atomic E-state index is 13.2. The Morgan fingerprint density at radius 3 is 2.46 bits per heavy atom. The smallest absolute Gasteiger partial charge is 0.322 e. The number of benzene rings is 2. The molecule has 2 aromatic rings. The molecule has 0 saturated heterocycles. The molecule has 3 amide bonds. The van der Waals surface area contributed by atoms with Crippen molar-refractivity contribution in [2.24, 2.45) is 5.92 Å². The van der Waals surface area contributed by atoms with Crippen LogP contribution in [0.25, 0.3) is 0 Å². The Kier molecular flexibility index (Phi) is 8.84. The van der Waals surface area contributed by atoms with Crippen molar-refractivity contribution >= 4 is 35.3 Å². The summed E-state index contributed by atoms with van der Waals surface area (Å²) in [6.45, 7) is 1.50. The van der Waals surface area contributed by atoms with Gasteiger partial charge in [0.15, 0.2) is 0 Å². The molecule has 10 heteroatoms. The van der Waals surface area contributed by atoms with Crippen LogP contribution in [-0.2, 0) is 16.1 Å². The van der Waals surface area contributed by atoms with Crippen molar-refractivity contribution in [3.05, 3.63) is 64.2 Å². The number of phenols is 1. The highest BCUT2D eigenvalue weighted by Crippen LogP contribution is 2.28. The summed E-state index contributed by atoms with van der Waals surface area (Å²) in [5, 5.41) is 22.2. The highest BCUT2D eigenvalue weighted by molar-refractivity contribution is 6.34. The summed E-state index contributed by atoms with van der Waals surface area (Å²) in [5.74, 6) is -2.76. The SMILES string of the molecule is C[C@H](NN(C(=O)CC1CCCC1)C(=O)c1ccc(C(=O)NCc2cccc(O)c2)cc1Cl)C(=O)O. The fourth-order valence-electron chi connectivity index (χ4n) is 3.95. The number of phenolic OH excluding ortho intramolecular Hbond substituents is 1. The molecule has 1 fully saturated rings. The number of aliphatic carboxylic acids is 1. The number of nitrogens with zero attached hydrogens (tertiary/aromatic N) is 1. The molecule has 1 aliphatic carbocycles. The van der Waals surface area contributed by atoms with Gasteiger partial charge in [-0.05, 0) is 61.6 Å². The highest BCUT2D eigenvalue weighted by Gasteiger charge is 2.30. The van der Waals surface area contributed by atoms with Crippen LogP contribution in [0.3, 0.4) is 0 Å². The van der Waals surface area contributed by atoms with Gasteiger partial charge >= 0.3 is 5.97 Å². The Labute approximate surface area is 208 Å². The lowest BCUT2D eigenvalue weighted by Gasteiger charge is -2.25. The first kappa shape index (κ1) is 26.2. The Balaban J connectivity index is 1.74. The molecule has 0 heterocycles. The second-order valence-corrected chi connectivity index (χ2v) is 9.03.